The van der Waals surface area contributed by atoms with Gasteiger partial charge < -0.3 is 14.8 Å². The molecule has 9 heteroatoms. The van der Waals surface area contributed by atoms with Gasteiger partial charge in [-0.05, 0) is 30.3 Å². The highest BCUT2D eigenvalue weighted by molar-refractivity contribution is 7.80. The van der Waals surface area contributed by atoms with Crippen LogP contribution in [-0.2, 0) is 11.3 Å². The molecule has 3 aromatic rings. The first-order valence-corrected chi connectivity index (χ1v) is 8.32. The fourth-order valence-corrected chi connectivity index (χ4v) is 2.68. The molecule has 130 valence electrons. The molecule has 3 N–H and O–H groups in total. The van der Waals surface area contributed by atoms with Gasteiger partial charge >= 0.3 is 0 Å². The van der Waals surface area contributed by atoms with Crippen LogP contribution in [0, 0.1) is 0 Å². The predicted octanol–water partition coefficient (Wildman–Crippen LogP) is 2.94. The van der Waals surface area contributed by atoms with Gasteiger partial charge in [0.2, 0.25) is 0 Å². The van der Waals surface area contributed by atoms with Crippen LogP contribution in [0.15, 0.2) is 42.7 Å². The summed E-state index contributed by atoms with van der Waals surface area (Å²) in [4.78, 5) is 8.54. The van der Waals surface area contributed by atoms with Crippen molar-refractivity contribution in [3.63, 3.8) is 0 Å². The van der Waals surface area contributed by atoms with Gasteiger partial charge in [-0.15, -0.1) is 0 Å². The summed E-state index contributed by atoms with van der Waals surface area (Å²) in [6, 6.07) is 10.5. The van der Waals surface area contributed by atoms with Crippen molar-refractivity contribution in [2.75, 3.05) is 24.3 Å². The lowest BCUT2D eigenvalue weighted by molar-refractivity contribution is 0.356. The van der Waals surface area contributed by atoms with Crippen LogP contribution in [0.2, 0.25) is 0 Å². The van der Waals surface area contributed by atoms with E-state index in [-0.39, 0.29) is 0 Å². The van der Waals surface area contributed by atoms with E-state index in [2.05, 4.69) is 20.0 Å². The molecule has 0 saturated heterocycles. The van der Waals surface area contributed by atoms with E-state index in [1.807, 2.05) is 0 Å². The fraction of sp³-hybridized carbons (Fsp3) is 0.125. The molecule has 2 aromatic carbocycles. The summed E-state index contributed by atoms with van der Waals surface area (Å²) >= 11 is -2.10. The summed E-state index contributed by atoms with van der Waals surface area (Å²) in [5.41, 5.74) is 2.01. The molecular formula is C16H16N4O4S. The lowest BCUT2D eigenvalue weighted by atomic mass is 10.2. The molecule has 25 heavy (non-hydrogen) atoms. The van der Waals surface area contributed by atoms with Gasteiger partial charge in [-0.25, -0.2) is 14.2 Å². The van der Waals surface area contributed by atoms with Gasteiger partial charge in [-0.3, -0.25) is 9.27 Å². The van der Waals surface area contributed by atoms with Crippen LogP contribution < -0.4 is 19.5 Å². The minimum atomic E-state index is -2.10. The Bertz CT molecular complexity index is 918. The summed E-state index contributed by atoms with van der Waals surface area (Å²) in [6.45, 7) is 0. The zero-order chi connectivity index (χ0) is 17.8. The molecule has 0 bridgehead atoms. The standard InChI is InChI=1S/C16H16N4O4S/c1-23-14-7-12-13(8-15(14)24-2)17-9-18-16(12)19-10-3-5-11(6-4-10)20-25(21)22/h3-9,20H,1-2H3,(H,21,22)(H,17,18,19). The Balaban J connectivity index is 1.94. The first-order valence-electron chi connectivity index (χ1n) is 7.22. The minimum absolute atomic E-state index is 0.533. The number of anilines is 3. The summed E-state index contributed by atoms with van der Waals surface area (Å²) in [5, 5.41) is 3.98. The van der Waals surface area contributed by atoms with Gasteiger partial charge in [0.15, 0.2) is 11.5 Å². The average Bonchev–Trinajstić information content (AvgIpc) is 2.62. The quantitative estimate of drug-likeness (QED) is 0.580. The van der Waals surface area contributed by atoms with Gasteiger partial charge in [-0.1, -0.05) is 0 Å². The molecule has 0 radical (unpaired) electrons. The van der Waals surface area contributed by atoms with Crippen molar-refractivity contribution in [1.29, 1.82) is 0 Å². The van der Waals surface area contributed by atoms with E-state index in [0.29, 0.717) is 28.5 Å². The van der Waals surface area contributed by atoms with E-state index < -0.39 is 11.3 Å². The van der Waals surface area contributed by atoms with Crippen LogP contribution in [0.5, 0.6) is 11.5 Å². The van der Waals surface area contributed by atoms with Crippen LogP contribution in [0.1, 0.15) is 0 Å². The summed E-state index contributed by atoms with van der Waals surface area (Å²) in [6.07, 6.45) is 1.46. The summed E-state index contributed by atoms with van der Waals surface area (Å²) in [5.74, 6) is 1.78. The third-order valence-electron chi connectivity index (χ3n) is 3.49. The Morgan fingerprint density at radius 1 is 1.00 bits per heavy atom. The second kappa shape index (κ2) is 7.32. The maximum absolute atomic E-state index is 10.7. The van der Waals surface area contributed by atoms with Gasteiger partial charge in [0, 0.05) is 22.8 Å². The molecule has 1 atom stereocenters. The molecule has 0 aliphatic rings. The SMILES string of the molecule is COc1cc2ncnc(Nc3ccc(NS(=O)O)cc3)c2cc1OC. The van der Waals surface area contributed by atoms with Gasteiger partial charge in [0.05, 0.1) is 19.7 Å². The highest BCUT2D eigenvalue weighted by Crippen LogP contribution is 2.34. The zero-order valence-corrected chi connectivity index (χ0v) is 14.3. The number of hydrogen-bond acceptors (Lipinski definition) is 6. The largest absolute Gasteiger partial charge is 0.493 e. The van der Waals surface area contributed by atoms with Crippen molar-refractivity contribution < 1.29 is 18.2 Å². The minimum Gasteiger partial charge on any atom is -0.493 e. The van der Waals surface area contributed by atoms with E-state index in [9.17, 15) is 4.21 Å². The van der Waals surface area contributed by atoms with Crippen molar-refractivity contribution in [3.8, 4) is 11.5 Å². The Morgan fingerprint density at radius 3 is 2.28 bits per heavy atom. The Labute approximate surface area is 146 Å². The maximum atomic E-state index is 10.7. The normalized spacial score (nSPS) is 11.8. The fourth-order valence-electron chi connectivity index (χ4n) is 2.34. The average molecular weight is 360 g/mol. The van der Waals surface area contributed by atoms with E-state index in [1.54, 1.807) is 50.6 Å². The van der Waals surface area contributed by atoms with Crippen molar-refractivity contribution in [2.24, 2.45) is 0 Å². The summed E-state index contributed by atoms with van der Waals surface area (Å²) < 4.78 is 32.6. The number of hydrogen-bond donors (Lipinski definition) is 3. The Hall–Kier alpha value is -2.91. The number of ether oxygens (including phenoxy) is 2. The molecule has 0 aliphatic carbocycles. The highest BCUT2D eigenvalue weighted by Gasteiger charge is 2.11. The van der Waals surface area contributed by atoms with Crippen molar-refractivity contribution in [2.45, 2.75) is 0 Å². The van der Waals surface area contributed by atoms with E-state index in [1.165, 1.54) is 6.33 Å². The number of aromatic nitrogens is 2. The monoisotopic (exact) mass is 360 g/mol. The molecule has 3 rings (SSSR count). The van der Waals surface area contributed by atoms with E-state index >= 15 is 0 Å². The number of nitrogens with one attached hydrogen (secondary N) is 2. The molecule has 0 fully saturated rings. The van der Waals surface area contributed by atoms with Crippen molar-refractivity contribution >= 4 is 39.4 Å². The van der Waals surface area contributed by atoms with Crippen LogP contribution >= 0.6 is 0 Å². The number of benzene rings is 2. The lowest BCUT2D eigenvalue weighted by Gasteiger charge is -2.12. The van der Waals surface area contributed by atoms with Crippen LogP contribution in [0.25, 0.3) is 10.9 Å². The molecule has 0 amide bonds. The van der Waals surface area contributed by atoms with Crippen molar-refractivity contribution in [1.82, 2.24) is 9.97 Å². The Kier molecular flexibility index (Phi) is 4.96. The zero-order valence-electron chi connectivity index (χ0n) is 13.5. The third kappa shape index (κ3) is 3.78. The molecule has 1 aromatic heterocycles. The van der Waals surface area contributed by atoms with Crippen LogP contribution in [0.4, 0.5) is 17.2 Å². The van der Waals surface area contributed by atoms with E-state index in [4.69, 9.17) is 14.0 Å². The first-order chi connectivity index (χ1) is 12.1. The third-order valence-corrected chi connectivity index (χ3v) is 3.90. The smallest absolute Gasteiger partial charge is 0.259 e. The second-order valence-electron chi connectivity index (χ2n) is 5.00. The lowest BCUT2D eigenvalue weighted by Crippen LogP contribution is -2.02. The first kappa shape index (κ1) is 16.9. The highest BCUT2D eigenvalue weighted by atomic mass is 32.2. The molecular weight excluding hydrogens is 344 g/mol. The summed E-state index contributed by atoms with van der Waals surface area (Å²) in [7, 11) is 3.14. The Morgan fingerprint density at radius 2 is 1.64 bits per heavy atom. The maximum Gasteiger partial charge on any atom is 0.259 e. The van der Waals surface area contributed by atoms with E-state index in [0.717, 1.165) is 11.1 Å². The molecule has 8 nitrogen and oxygen atoms in total. The molecule has 0 saturated carbocycles. The molecule has 1 unspecified atom stereocenters. The number of nitrogens with zero attached hydrogens (tertiary/aromatic N) is 2. The topological polar surface area (TPSA) is 106 Å². The number of rotatable bonds is 6. The second-order valence-corrected chi connectivity index (χ2v) is 5.70. The van der Waals surface area contributed by atoms with Crippen LogP contribution in [0.3, 0.4) is 0 Å². The predicted molar refractivity (Wildman–Crippen MR) is 96.8 cm³/mol. The van der Waals surface area contributed by atoms with Gasteiger partial charge in [0.25, 0.3) is 11.3 Å². The molecule has 1 heterocycles. The number of fused-ring (bicyclic) bond motifs is 1. The number of methoxy groups -OCH3 is 2. The van der Waals surface area contributed by atoms with Crippen molar-refractivity contribution in [3.05, 3.63) is 42.7 Å². The van der Waals surface area contributed by atoms with Crippen LogP contribution in [-0.4, -0.2) is 32.9 Å². The molecule has 0 spiro atoms. The van der Waals surface area contributed by atoms with Gasteiger partial charge in [-0.2, -0.15) is 0 Å². The van der Waals surface area contributed by atoms with Gasteiger partial charge in [0.1, 0.15) is 12.1 Å². The molecule has 0 aliphatic heterocycles.